The lowest BCUT2D eigenvalue weighted by molar-refractivity contribution is -0.145. The van der Waals surface area contributed by atoms with Crippen molar-refractivity contribution in [3.8, 4) is 5.88 Å². The molecule has 6 atom stereocenters. The summed E-state index contributed by atoms with van der Waals surface area (Å²) in [6.45, 7) is 13.9. The highest BCUT2D eigenvalue weighted by Crippen LogP contribution is 2.34. The molecule has 0 radical (unpaired) electrons. The predicted molar refractivity (Wildman–Crippen MR) is 195 cm³/mol. The van der Waals surface area contributed by atoms with Crippen molar-refractivity contribution < 1.29 is 38.0 Å². The van der Waals surface area contributed by atoms with E-state index in [2.05, 4.69) is 31.7 Å². The third-order valence-electron chi connectivity index (χ3n) is 10.6. The molecule has 2 saturated heterocycles. The van der Waals surface area contributed by atoms with Crippen molar-refractivity contribution in [2.24, 2.45) is 17.3 Å². The monoisotopic (exact) mass is 741 g/mol. The highest BCUT2D eigenvalue weighted by Gasteiger charge is 2.52. The summed E-state index contributed by atoms with van der Waals surface area (Å²) < 4.78 is 11.0. The number of carbonyl (C=O) groups is 6. The molecule has 5 N–H and O–H groups in total. The molecule has 2 aliphatic heterocycles. The van der Waals surface area contributed by atoms with Crippen LogP contribution >= 0.6 is 0 Å². The normalized spacial score (nSPS) is 23.7. The Hall–Kier alpha value is -4.01. The van der Waals surface area contributed by atoms with Crippen LogP contribution in [0.25, 0.3) is 0 Å². The zero-order valence-electron chi connectivity index (χ0n) is 32.3. The van der Waals surface area contributed by atoms with Gasteiger partial charge in [0.25, 0.3) is 17.7 Å². The maximum Gasteiger partial charge on any atom is 0.290 e. The van der Waals surface area contributed by atoms with Gasteiger partial charge in [0.1, 0.15) is 23.7 Å². The smallest absolute Gasteiger partial charge is 0.290 e. The average molecular weight is 742 g/mol. The number of rotatable bonds is 14. The van der Waals surface area contributed by atoms with E-state index in [9.17, 15) is 28.8 Å². The molecule has 5 amide bonds. The van der Waals surface area contributed by atoms with Gasteiger partial charge in [0, 0.05) is 18.6 Å². The van der Waals surface area contributed by atoms with E-state index in [-0.39, 0.29) is 42.0 Å². The number of nitrogens with one attached hydrogen (secondary N) is 5. The van der Waals surface area contributed by atoms with Gasteiger partial charge in [-0.3, -0.25) is 28.8 Å². The number of hydrogen-bond acceptors (Lipinski definition) is 10. The number of hydrogen-bond donors (Lipinski definition) is 5. The largest absolute Gasteiger partial charge is 0.470 e. The van der Waals surface area contributed by atoms with Crippen LogP contribution in [0.3, 0.4) is 0 Å². The lowest BCUT2D eigenvalue weighted by Gasteiger charge is -2.38. The zero-order valence-corrected chi connectivity index (χ0v) is 32.3. The summed E-state index contributed by atoms with van der Waals surface area (Å²) in [5, 5.41) is 18.6. The van der Waals surface area contributed by atoms with E-state index in [1.807, 2.05) is 48.5 Å². The Balaban J connectivity index is 1.35. The van der Waals surface area contributed by atoms with Crippen LogP contribution in [0.2, 0.25) is 0 Å². The molecule has 1 aromatic rings. The Labute approximate surface area is 312 Å². The molecule has 0 aromatic carbocycles. The van der Waals surface area contributed by atoms with Crippen LogP contribution < -0.4 is 31.3 Å². The van der Waals surface area contributed by atoms with Gasteiger partial charge in [-0.05, 0) is 88.2 Å². The number of likely N-dealkylation sites (tertiary alicyclic amines) is 1. The third-order valence-corrected chi connectivity index (χ3v) is 10.6. The predicted octanol–water partition coefficient (Wildman–Crippen LogP) is 2.38. The van der Waals surface area contributed by atoms with Crippen molar-refractivity contribution >= 4 is 35.3 Å². The van der Waals surface area contributed by atoms with E-state index in [0.29, 0.717) is 19.5 Å². The van der Waals surface area contributed by atoms with Crippen molar-refractivity contribution in [1.82, 2.24) is 36.6 Å². The van der Waals surface area contributed by atoms with Crippen LogP contribution in [0.1, 0.15) is 123 Å². The Kier molecular flexibility index (Phi) is 12.6. The second kappa shape index (κ2) is 16.6. The Morgan fingerprint density at radius 2 is 1.66 bits per heavy atom. The maximum atomic E-state index is 14.7. The second-order valence-electron chi connectivity index (χ2n) is 17.3. The minimum absolute atomic E-state index is 0.00516. The summed E-state index contributed by atoms with van der Waals surface area (Å²) in [5.41, 5.74) is -1.35. The first-order valence-corrected chi connectivity index (χ1v) is 19.4. The van der Waals surface area contributed by atoms with Gasteiger partial charge >= 0.3 is 0 Å². The molecule has 2 aliphatic carbocycles. The fourth-order valence-electron chi connectivity index (χ4n) is 7.76. The molecule has 294 valence electrons. The van der Waals surface area contributed by atoms with Crippen LogP contribution in [-0.4, -0.2) is 100 Å². The SMILES string of the molecule is CCC[C@H](NC(=O)[C@@H]1[C@H]2NCC[C@H]2CN1C(=O)[C@@H](NC(=O)[C@@H](NC(=O)c1cc(OC(C)(C)C)no1)C1CCCCC1)C(C)(C)C)C(=O)C(=O)NC1CC1. The van der Waals surface area contributed by atoms with Gasteiger partial charge in [-0.1, -0.05) is 53.4 Å². The lowest BCUT2D eigenvalue weighted by atomic mass is 9.82. The average Bonchev–Trinajstić information content (AvgIpc) is 3.42. The van der Waals surface area contributed by atoms with Crippen molar-refractivity contribution in [2.45, 2.75) is 155 Å². The molecule has 3 heterocycles. The van der Waals surface area contributed by atoms with Gasteiger partial charge in [-0.25, -0.2) is 0 Å². The van der Waals surface area contributed by atoms with Crippen LogP contribution in [-0.2, 0) is 24.0 Å². The quantitative estimate of drug-likeness (QED) is 0.176. The van der Waals surface area contributed by atoms with E-state index >= 15 is 0 Å². The van der Waals surface area contributed by atoms with Crippen molar-refractivity contribution in [3.63, 3.8) is 0 Å². The fourth-order valence-corrected chi connectivity index (χ4v) is 7.76. The number of fused-ring (bicyclic) bond motifs is 1. The number of Topliss-reactive ketones (excluding diaryl/α,β-unsaturated/α-hetero) is 1. The number of aromatic nitrogens is 1. The second-order valence-corrected chi connectivity index (χ2v) is 17.3. The minimum Gasteiger partial charge on any atom is -0.470 e. The number of ether oxygens (including phenoxy) is 1. The third kappa shape index (κ3) is 10.2. The molecule has 2 saturated carbocycles. The van der Waals surface area contributed by atoms with E-state index < -0.39 is 70.5 Å². The van der Waals surface area contributed by atoms with Gasteiger partial charge < -0.3 is 40.7 Å². The molecule has 4 fully saturated rings. The zero-order chi connectivity index (χ0) is 38.7. The molecule has 15 heteroatoms. The highest BCUT2D eigenvalue weighted by molar-refractivity contribution is 6.38. The molecule has 0 unspecified atom stereocenters. The van der Waals surface area contributed by atoms with Crippen molar-refractivity contribution in [3.05, 3.63) is 11.8 Å². The Morgan fingerprint density at radius 3 is 2.28 bits per heavy atom. The molecule has 15 nitrogen and oxygen atoms in total. The molecule has 0 spiro atoms. The van der Waals surface area contributed by atoms with Gasteiger partial charge in [0.2, 0.25) is 29.3 Å². The summed E-state index contributed by atoms with van der Waals surface area (Å²) in [5.74, 6) is -3.60. The van der Waals surface area contributed by atoms with Crippen molar-refractivity contribution in [1.29, 1.82) is 0 Å². The first-order chi connectivity index (χ1) is 25.0. The minimum atomic E-state index is -1.05. The molecule has 4 aliphatic rings. The molecular weight excluding hydrogens is 682 g/mol. The molecule has 1 aromatic heterocycles. The number of ketones is 1. The summed E-state index contributed by atoms with van der Waals surface area (Å²) in [4.78, 5) is 83.9. The number of carbonyl (C=O) groups excluding carboxylic acids is 6. The summed E-state index contributed by atoms with van der Waals surface area (Å²) >= 11 is 0. The van der Waals surface area contributed by atoms with Crippen LogP contribution in [0.5, 0.6) is 5.88 Å². The Bertz CT molecular complexity index is 1520. The number of amides is 5. The summed E-state index contributed by atoms with van der Waals surface area (Å²) in [7, 11) is 0. The standard InChI is InChI=1S/C38H59N7O8/c1-8-12-24(30(46)35(50)40-23-15-16-23)41-34(49)29-27-22(17-18-39-27)20-45(29)36(51)31(37(2,3)4)43-33(48)28(21-13-10-9-11-14-21)42-32(47)25-19-26(44-53-25)52-38(5,6)7/h19,21-24,27-29,31,39H,8-18,20H2,1-7H3,(H,40,50)(H,41,49)(H,42,47)(H,43,48)/t22-,24-,27-,28-,29-,31+/m0/s1. The van der Waals surface area contributed by atoms with E-state index in [4.69, 9.17) is 9.26 Å². The van der Waals surface area contributed by atoms with Gasteiger partial charge in [-0.15, -0.1) is 0 Å². The number of nitrogens with zero attached hydrogens (tertiary/aromatic N) is 2. The molecule has 53 heavy (non-hydrogen) atoms. The fraction of sp³-hybridized carbons (Fsp3) is 0.763. The summed E-state index contributed by atoms with van der Waals surface area (Å²) in [6, 6.07) is -2.96. The van der Waals surface area contributed by atoms with E-state index in [0.717, 1.165) is 51.4 Å². The van der Waals surface area contributed by atoms with Gasteiger partial charge in [0.15, 0.2) is 0 Å². The van der Waals surface area contributed by atoms with Gasteiger partial charge in [0.05, 0.1) is 12.1 Å². The van der Waals surface area contributed by atoms with E-state index in [1.165, 1.54) is 11.0 Å². The van der Waals surface area contributed by atoms with Crippen LogP contribution in [0.15, 0.2) is 10.6 Å². The van der Waals surface area contributed by atoms with Crippen LogP contribution in [0, 0.1) is 17.3 Å². The lowest BCUT2D eigenvalue weighted by Crippen LogP contribution is -2.63. The first-order valence-electron chi connectivity index (χ1n) is 19.4. The highest BCUT2D eigenvalue weighted by atomic mass is 16.6. The Morgan fingerprint density at radius 1 is 0.962 bits per heavy atom. The van der Waals surface area contributed by atoms with Gasteiger partial charge in [-0.2, -0.15) is 0 Å². The summed E-state index contributed by atoms with van der Waals surface area (Å²) in [6.07, 6.45) is 7.53. The van der Waals surface area contributed by atoms with Crippen molar-refractivity contribution in [2.75, 3.05) is 13.1 Å². The first kappa shape index (κ1) is 40.2. The molecule has 5 rings (SSSR count). The topological polar surface area (TPSA) is 201 Å². The molecular formula is C38H59N7O8. The maximum absolute atomic E-state index is 14.7. The molecule has 0 bridgehead atoms. The van der Waals surface area contributed by atoms with Crippen LogP contribution in [0.4, 0.5) is 0 Å². The van der Waals surface area contributed by atoms with E-state index in [1.54, 1.807) is 0 Å².